The van der Waals surface area contributed by atoms with E-state index < -0.39 is 0 Å². The van der Waals surface area contributed by atoms with Gasteiger partial charge in [-0.1, -0.05) is 6.92 Å². The molecule has 0 unspecified atom stereocenters. The predicted octanol–water partition coefficient (Wildman–Crippen LogP) is 1.98. The molecule has 1 amide bonds. The number of rotatable bonds is 7. The number of nitrogens with two attached hydrogens (primary N) is 1. The molecule has 114 valence electrons. The zero-order valence-corrected chi connectivity index (χ0v) is 13.2. The van der Waals surface area contributed by atoms with Crippen molar-refractivity contribution in [3.05, 3.63) is 22.5 Å². The molecule has 0 fully saturated rings. The van der Waals surface area contributed by atoms with Crippen molar-refractivity contribution in [2.75, 3.05) is 13.1 Å². The number of ketones is 1. The lowest BCUT2D eigenvalue weighted by Gasteiger charge is -2.05. The van der Waals surface area contributed by atoms with Crippen LogP contribution < -0.4 is 11.1 Å². The highest BCUT2D eigenvalue weighted by molar-refractivity contribution is 6.02. The van der Waals surface area contributed by atoms with E-state index in [1.165, 1.54) is 6.92 Å². The van der Waals surface area contributed by atoms with Gasteiger partial charge in [0.25, 0.3) is 5.91 Å². The normalized spacial score (nSPS) is 10.0. The number of hydrogen-bond donors (Lipinski definition) is 3. The summed E-state index contributed by atoms with van der Waals surface area (Å²) in [6, 6.07) is 0. The zero-order chi connectivity index (χ0) is 14.4. The molecule has 5 nitrogen and oxygen atoms in total. The number of aromatic nitrogens is 1. The van der Waals surface area contributed by atoms with Crippen molar-refractivity contribution in [1.82, 2.24) is 10.3 Å². The Morgan fingerprint density at radius 2 is 1.95 bits per heavy atom. The minimum Gasteiger partial charge on any atom is -0.354 e. The maximum atomic E-state index is 12.1. The molecule has 6 heteroatoms. The van der Waals surface area contributed by atoms with Crippen LogP contribution >= 0.6 is 12.4 Å². The van der Waals surface area contributed by atoms with Crippen molar-refractivity contribution in [2.24, 2.45) is 5.73 Å². The van der Waals surface area contributed by atoms with Crippen molar-refractivity contribution in [1.29, 1.82) is 0 Å². The monoisotopic (exact) mass is 301 g/mol. The first-order chi connectivity index (χ1) is 9.02. The second kappa shape index (κ2) is 8.76. The number of halogens is 1. The Balaban J connectivity index is 0.00000361. The van der Waals surface area contributed by atoms with Gasteiger partial charge < -0.3 is 16.0 Å². The average Bonchev–Trinajstić information content (AvgIpc) is 2.71. The van der Waals surface area contributed by atoms with Gasteiger partial charge in [0.05, 0.1) is 0 Å². The molecule has 0 atom stereocenters. The van der Waals surface area contributed by atoms with Crippen molar-refractivity contribution in [2.45, 2.75) is 40.0 Å². The minimum absolute atomic E-state index is 0. The van der Waals surface area contributed by atoms with Crippen molar-refractivity contribution >= 4 is 24.1 Å². The molecule has 0 spiro atoms. The Hall–Kier alpha value is -1.33. The topological polar surface area (TPSA) is 88.0 Å². The molecular formula is C14H24ClN3O2. The summed E-state index contributed by atoms with van der Waals surface area (Å²) >= 11 is 0. The van der Waals surface area contributed by atoms with Gasteiger partial charge in [0, 0.05) is 17.8 Å². The fraction of sp³-hybridized carbons (Fsp3) is 0.571. The Bertz CT molecular complexity index is 469. The fourth-order valence-corrected chi connectivity index (χ4v) is 2.26. The quantitative estimate of drug-likeness (QED) is 0.531. The Kier molecular flexibility index (Phi) is 8.18. The molecule has 20 heavy (non-hydrogen) atoms. The first-order valence-corrected chi connectivity index (χ1v) is 6.73. The highest BCUT2D eigenvalue weighted by Crippen LogP contribution is 2.20. The summed E-state index contributed by atoms with van der Waals surface area (Å²) in [4.78, 5) is 26.7. The number of H-pyrrole nitrogens is 1. The number of hydrogen-bond acceptors (Lipinski definition) is 3. The van der Waals surface area contributed by atoms with E-state index in [4.69, 9.17) is 5.73 Å². The summed E-state index contributed by atoms with van der Waals surface area (Å²) in [6.45, 7) is 6.53. The molecule has 1 heterocycles. The largest absolute Gasteiger partial charge is 0.354 e. The summed E-state index contributed by atoms with van der Waals surface area (Å²) in [5.41, 5.74) is 8.13. The molecular weight excluding hydrogens is 278 g/mol. The number of aromatic amines is 1. The molecule has 1 aromatic rings. The van der Waals surface area contributed by atoms with Gasteiger partial charge in [-0.25, -0.2) is 0 Å². The second-order valence-corrected chi connectivity index (χ2v) is 4.64. The Labute approximate surface area is 126 Å². The summed E-state index contributed by atoms with van der Waals surface area (Å²) in [5, 5.41) is 2.85. The van der Waals surface area contributed by atoms with Gasteiger partial charge in [-0.15, -0.1) is 12.4 Å². The highest BCUT2D eigenvalue weighted by Gasteiger charge is 2.21. The van der Waals surface area contributed by atoms with Crippen molar-refractivity contribution in [3.8, 4) is 0 Å². The van der Waals surface area contributed by atoms with Gasteiger partial charge >= 0.3 is 0 Å². The lowest BCUT2D eigenvalue weighted by molar-refractivity contribution is 0.0947. The van der Waals surface area contributed by atoms with E-state index in [-0.39, 0.29) is 24.1 Å². The van der Waals surface area contributed by atoms with Crippen LogP contribution in [0.2, 0.25) is 0 Å². The standard InChI is InChI=1S/C14H23N3O2.ClH/c1-4-11-12(10(3)18)9(2)17-13(11)14(19)16-8-6-5-7-15;/h17H,4-8,15H2,1-3H3,(H,16,19);1H. The molecule has 4 N–H and O–H groups in total. The molecule has 0 aliphatic heterocycles. The Morgan fingerprint density at radius 3 is 2.45 bits per heavy atom. The van der Waals surface area contributed by atoms with Crippen LogP contribution in [-0.4, -0.2) is 29.8 Å². The van der Waals surface area contributed by atoms with Crippen LogP contribution in [0.5, 0.6) is 0 Å². The lowest BCUT2D eigenvalue weighted by Crippen LogP contribution is -2.26. The third-order valence-electron chi connectivity index (χ3n) is 3.14. The number of carbonyl (C=O) groups excluding carboxylic acids is 2. The number of unbranched alkanes of at least 4 members (excludes halogenated alkanes) is 1. The van der Waals surface area contributed by atoms with Crippen LogP contribution in [-0.2, 0) is 6.42 Å². The van der Waals surface area contributed by atoms with E-state index in [1.807, 2.05) is 13.8 Å². The van der Waals surface area contributed by atoms with Gasteiger partial charge in [-0.2, -0.15) is 0 Å². The maximum Gasteiger partial charge on any atom is 0.268 e. The van der Waals surface area contributed by atoms with Crippen LogP contribution in [0.4, 0.5) is 0 Å². The average molecular weight is 302 g/mol. The SMILES string of the molecule is CCc1c(C(=O)NCCCCN)[nH]c(C)c1C(C)=O.Cl. The summed E-state index contributed by atoms with van der Waals surface area (Å²) in [5.74, 6) is -0.155. The molecule has 0 bridgehead atoms. The number of nitrogens with one attached hydrogen (secondary N) is 2. The van der Waals surface area contributed by atoms with E-state index in [2.05, 4.69) is 10.3 Å². The molecule has 0 aliphatic rings. The van der Waals surface area contributed by atoms with Crippen LogP contribution in [0.1, 0.15) is 58.8 Å². The lowest BCUT2D eigenvalue weighted by atomic mass is 10.0. The molecule has 0 aliphatic carbocycles. The van der Waals surface area contributed by atoms with Gasteiger partial charge in [0.2, 0.25) is 0 Å². The number of carbonyl (C=O) groups is 2. The fourth-order valence-electron chi connectivity index (χ4n) is 2.26. The number of Topliss-reactive ketones (excluding diaryl/α,β-unsaturated/α-hetero) is 1. The molecule has 0 saturated carbocycles. The molecule has 1 rings (SSSR count). The molecule has 0 saturated heterocycles. The summed E-state index contributed by atoms with van der Waals surface area (Å²) < 4.78 is 0. The smallest absolute Gasteiger partial charge is 0.268 e. The Morgan fingerprint density at radius 1 is 1.30 bits per heavy atom. The number of aryl methyl sites for hydroxylation is 1. The van der Waals surface area contributed by atoms with Crippen LogP contribution in [0.25, 0.3) is 0 Å². The predicted molar refractivity (Wildman–Crippen MR) is 82.8 cm³/mol. The van der Waals surface area contributed by atoms with Gasteiger partial charge in [-0.05, 0) is 45.2 Å². The third-order valence-corrected chi connectivity index (χ3v) is 3.14. The first kappa shape index (κ1) is 18.7. The third kappa shape index (κ3) is 4.35. The van der Waals surface area contributed by atoms with Crippen molar-refractivity contribution in [3.63, 3.8) is 0 Å². The van der Waals surface area contributed by atoms with E-state index in [1.54, 1.807) is 0 Å². The molecule has 0 aromatic carbocycles. The van der Waals surface area contributed by atoms with Gasteiger partial charge in [-0.3, -0.25) is 9.59 Å². The molecule has 0 radical (unpaired) electrons. The van der Waals surface area contributed by atoms with Crippen LogP contribution in [0.15, 0.2) is 0 Å². The maximum absolute atomic E-state index is 12.1. The van der Waals surface area contributed by atoms with E-state index in [9.17, 15) is 9.59 Å². The summed E-state index contributed by atoms with van der Waals surface area (Å²) in [6.07, 6.45) is 2.41. The minimum atomic E-state index is -0.149. The van der Waals surface area contributed by atoms with Crippen molar-refractivity contribution < 1.29 is 9.59 Å². The van der Waals surface area contributed by atoms with Gasteiger partial charge in [0.15, 0.2) is 5.78 Å². The van der Waals surface area contributed by atoms with Gasteiger partial charge in [0.1, 0.15) is 5.69 Å². The second-order valence-electron chi connectivity index (χ2n) is 4.64. The van der Waals surface area contributed by atoms with Crippen LogP contribution in [0.3, 0.4) is 0 Å². The number of amides is 1. The van der Waals surface area contributed by atoms with E-state index in [0.29, 0.717) is 30.8 Å². The van der Waals surface area contributed by atoms with E-state index in [0.717, 1.165) is 24.1 Å². The van der Waals surface area contributed by atoms with E-state index >= 15 is 0 Å². The summed E-state index contributed by atoms with van der Waals surface area (Å²) in [7, 11) is 0. The highest BCUT2D eigenvalue weighted by atomic mass is 35.5. The molecule has 1 aromatic heterocycles. The van der Waals surface area contributed by atoms with Crippen LogP contribution in [0, 0.1) is 6.92 Å². The first-order valence-electron chi connectivity index (χ1n) is 6.73. The zero-order valence-electron chi connectivity index (χ0n) is 12.3.